The second-order valence-corrected chi connectivity index (χ2v) is 8.76. The number of aryl methyl sites for hydroxylation is 1. The van der Waals surface area contributed by atoms with Crippen LogP contribution in [0.5, 0.6) is 0 Å². The summed E-state index contributed by atoms with van der Waals surface area (Å²) in [6.45, 7) is 1.92. The quantitative estimate of drug-likeness (QED) is 0.282. The third-order valence-electron chi connectivity index (χ3n) is 6.09. The molecule has 0 saturated carbocycles. The number of aromatic nitrogens is 1. The van der Waals surface area contributed by atoms with E-state index >= 15 is 0 Å². The van der Waals surface area contributed by atoms with Crippen LogP contribution in [-0.4, -0.2) is 28.4 Å². The van der Waals surface area contributed by atoms with Gasteiger partial charge in [-0.25, -0.2) is 13.6 Å². The molecule has 0 fully saturated rings. The summed E-state index contributed by atoms with van der Waals surface area (Å²) in [6.07, 6.45) is 3.60. The average Bonchev–Trinajstić information content (AvgIpc) is 3.21. The van der Waals surface area contributed by atoms with Gasteiger partial charge in [0, 0.05) is 29.1 Å². The molecule has 0 spiro atoms. The summed E-state index contributed by atoms with van der Waals surface area (Å²) >= 11 is 0. The normalized spacial score (nSPS) is 12.1. The minimum absolute atomic E-state index is 0.00916. The lowest BCUT2D eigenvalue weighted by atomic mass is 10.0. The number of para-hydroxylation sites is 1. The fraction of sp³-hybridized carbons (Fsp3) is 0.276. The second kappa shape index (κ2) is 11.3. The molecule has 0 aliphatic heterocycles. The van der Waals surface area contributed by atoms with E-state index in [-0.39, 0.29) is 25.1 Å². The van der Waals surface area contributed by atoms with Crippen LogP contribution in [0.15, 0.2) is 72.9 Å². The van der Waals surface area contributed by atoms with E-state index in [0.717, 1.165) is 29.3 Å². The zero-order chi connectivity index (χ0) is 24.8. The number of ether oxygens (including phenoxy) is 1. The molecule has 4 nitrogen and oxygen atoms in total. The number of carbonyl (C=O) groups excluding carboxylic acids is 1. The molecule has 4 aromatic rings. The van der Waals surface area contributed by atoms with Crippen molar-refractivity contribution in [2.24, 2.45) is 0 Å². The van der Waals surface area contributed by atoms with E-state index in [0.29, 0.717) is 17.5 Å². The van der Waals surface area contributed by atoms with Gasteiger partial charge in [0.25, 0.3) is 0 Å². The van der Waals surface area contributed by atoms with Crippen molar-refractivity contribution in [1.82, 2.24) is 4.57 Å². The number of halogens is 2. The molecule has 3 aromatic carbocycles. The molecule has 6 heteroatoms. The highest BCUT2D eigenvalue weighted by Crippen LogP contribution is 2.26. The number of esters is 1. The lowest BCUT2D eigenvalue weighted by Gasteiger charge is -2.11. The first-order chi connectivity index (χ1) is 17.0. The van der Waals surface area contributed by atoms with E-state index in [2.05, 4.69) is 0 Å². The highest BCUT2D eigenvalue weighted by atomic mass is 19.1. The molecule has 4 rings (SSSR count). The first kappa shape index (κ1) is 24.6. The van der Waals surface area contributed by atoms with Crippen LogP contribution in [0, 0.1) is 11.6 Å². The van der Waals surface area contributed by atoms with Crippen molar-refractivity contribution < 1.29 is 23.4 Å². The van der Waals surface area contributed by atoms with Crippen molar-refractivity contribution >= 4 is 16.9 Å². The minimum Gasteiger partial charge on any atom is -0.459 e. The van der Waals surface area contributed by atoms with Crippen molar-refractivity contribution in [3.05, 3.63) is 107 Å². The molecule has 0 saturated heterocycles. The molecule has 35 heavy (non-hydrogen) atoms. The molecule has 0 amide bonds. The predicted octanol–water partition coefficient (Wildman–Crippen LogP) is 6.07. The fourth-order valence-corrected chi connectivity index (χ4v) is 4.26. The van der Waals surface area contributed by atoms with Gasteiger partial charge in [-0.15, -0.1) is 0 Å². The third-order valence-corrected chi connectivity index (χ3v) is 6.09. The zero-order valence-electron chi connectivity index (χ0n) is 19.7. The van der Waals surface area contributed by atoms with Crippen molar-refractivity contribution in [1.29, 1.82) is 0 Å². The Labute approximate surface area is 203 Å². The summed E-state index contributed by atoms with van der Waals surface area (Å²) in [6, 6.07) is 19.0. The molecule has 0 bridgehead atoms. The molecular weight excluding hydrogens is 448 g/mol. The second-order valence-electron chi connectivity index (χ2n) is 8.76. The summed E-state index contributed by atoms with van der Waals surface area (Å²) in [7, 11) is 0. The molecule has 1 unspecified atom stereocenters. The minimum atomic E-state index is -0.923. The van der Waals surface area contributed by atoms with E-state index in [1.165, 1.54) is 12.1 Å². The SMILES string of the molecule is CCCCc1cc(F)c(Cn2cc(CC(O)COC(=O)c3ccccc3)c3ccccc32)c(F)c1. The smallest absolute Gasteiger partial charge is 0.338 e. The van der Waals surface area contributed by atoms with E-state index in [9.17, 15) is 18.7 Å². The Bertz CT molecular complexity index is 1280. The number of benzene rings is 3. The van der Waals surface area contributed by atoms with Crippen LogP contribution in [0.3, 0.4) is 0 Å². The van der Waals surface area contributed by atoms with Gasteiger partial charge in [0.05, 0.1) is 18.2 Å². The Kier molecular flexibility index (Phi) is 7.93. The number of fused-ring (bicyclic) bond motifs is 1. The van der Waals surface area contributed by atoms with Crippen LogP contribution in [0.4, 0.5) is 8.78 Å². The summed E-state index contributed by atoms with van der Waals surface area (Å²) < 4.78 is 36.7. The summed E-state index contributed by atoms with van der Waals surface area (Å²) in [5, 5.41) is 11.4. The molecule has 182 valence electrons. The standard InChI is InChI=1S/C29H29F2NO3/c1-2-3-9-20-14-26(30)25(27(31)15-20)18-32-17-22(24-12-7-8-13-28(24)32)16-23(33)19-35-29(34)21-10-5-4-6-11-21/h4-8,10-15,17,23,33H,2-3,9,16,18-19H2,1H3. The Balaban J connectivity index is 1.50. The van der Waals surface area contributed by atoms with E-state index in [1.54, 1.807) is 41.1 Å². The van der Waals surface area contributed by atoms with Crippen molar-refractivity contribution in [3.8, 4) is 0 Å². The molecule has 1 aromatic heterocycles. The maximum atomic E-state index is 14.8. The Morgan fingerprint density at radius 3 is 2.43 bits per heavy atom. The summed E-state index contributed by atoms with van der Waals surface area (Å²) in [4.78, 5) is 12.2. The van der Waals surface area contributed by atoms with Gasteiger partial charge in [0.1, 0.15) is 18.2 Å². The molecule has 0 aliphatic carbocycles. The van der Waals surface area contributed by atoms with Crippen LogP contribution < -0.4 is 0 Å². The Morgan fingerprint density at radius 2 is 1.71 bits per heavy atom. The lowest BCUT2D eigenvalue weighted by molar-refractivity contribution is 0.0259. The molecule has 1 heterocycles. The number of nitrogens with zero attached hydrogens (tertiary/aromatic N) is 1. The van der Waals surface area contributed by atoms with Crippen LogP contribution in [0.25, 0.3) is 10.9 Å². The van der Waals surface area contributed by atoms with Gasteiger partial charge in [-0.05, 0) is 54.3 Å². The monoisotopic (exact) mass is 477 g/mol. The maximum Gasteiger partial charge on any atom is 0.338 e. The number of hydrogen-bond acceptors (Lipinski definition) is 3. The zero-order valence-corrected chi connectivity index (χ0v) is 19.7. The fourth-order valence-electron chi connectivity index (χ4n) is 4.26. The Hall–Kier alpha value is -3.51. The first-order valence-corrected chi connectivity index (χ1v) is 11.9. The van der Waals surface area contributed by atoms with Crippen molar-refractivity contribution in [2.45, 2.75) is 45.3 Å². The lowest BCUT2D eigenvalue weighted by Crippen LogP contribution is -2.21. The molecule has 0 aliphatic rings. The topological polar surface area (TPSA) is 51.5 Å². The average molecular weight is 478 g/mol. The number of aliphatic hydroxyl groups excluding tert-OH is 1. The summed E-state index contributed by atoms with van der Waals surface area (Å²) in [5.74, 6) is -1.60. The maximum absolute atomic E-state index is 14.8. The van der Waals surface area contributed by atoms with Gasteiger partial charge in [0.15, 0.2) is 0 Å². The highest BCUT2D eigenvalue weighted by Gasteiger charge is 2.18. The third kappa shape index (κ3) is 5.95. The molecular formula is C29H29F2NO3. The predicted molar refractivity (Wildman–Crippen MR) is 132 cm³/mol. The number of carbonyl (C=O) groups is 1. The van der Waals surface area contributed by atoms with E-state index in [4.69, 9.17) is 4.74 Å². The molecule has 1 N–H and O–H groups in total. The van der Waals surface area contributed by atoms with Crippen LogP contribution >= 0.6 is 0 Å². The molecule has 0 radical (unpaired) electrons. The van der Waals surface area contributed by atoms with Crippen molar-refractivity contribution in [2.75, 3.05) is 6.61 Å². The first-order valence-electron chi connectivity index (χ1n) is 11.9. The van der Waals surface area contributed by atoms with Crippen LogP contribution in [0.2, 0.25) is 0 Å². The van der Waals surface area contributed by atoms with E-state index in [1.807, 2.05) is 31.2 Å². The van der Waals surface area contributed by atoms with Crippen molar-refractivity contribution in [3.63, 3.8) is 0 Å². The van der Waals surface area contributed by atoms with E-state index < -0.39 is 23.7 Å². The largest absolute Gasteiger partial charge is 0.459 e. The number of rotatable bonds is 10. The number of unbranched alkanes of at least 4 members (excludes halogenated alkanes) is 1. The molecule has 1 atom stereocenters. The van der Waals surface area contributed by atoms with Gasteiger partial charge in [-0.2, -0.15) is 0 Å². The number of hydrogen-bond donors (Lipinski definition) is 1. The van der Waals surface area contributed by atoms with Gasteiger partial charge >= 0.3 is 5.97 Å². The number of aliphatic hydroxyl groups is 1. The van der Waals surface area contributed by atoms with Crippen LogP contribution in [0.1, 0.15) is 46.8 Å². The van der Waals surface area contributed by atoms with Crippen LogP contribution in [-0.2, 0) is 24.1 Å². The Morgan fingerprint density at radius 1 is 1.03 bits per heavy atom. The van der Waals surface area contributed by atoms with Gasteiger partial charge < -0.3 is 14.4 Å². The summed E-state index contributed by atoms with van der Waals surface area (Å²) in [5.41, 5.74) is 2.71. The van der Waals surface area contributed by atoms with Gasteiger partial charge in [-0.3, -0.25) is 0 Å². The highest BCUT2D eigenvalue weighted by molar-refractivity contribution is 5.89. The van der Waals surface area contributed by atoms with Gasteiger partial charge in [-0.1, -0.05) is 49.7 Å². The van der Waals surface area contributed by atoms with Gasteiger partial charge in [0.2, 0.25) is 0 Å².